The van der Waals surface area contributed by atoms with Gasteiger partial charge in [0.15, 0.2) is 0 Å². The Labute approximate surface area is 164 Å². The zero-order valence-electron chi connectivity index (χ0n) is 14.4. The lowest BCUT2D eigenvalue weighted by Gasteiger charge is -2.24. The molecule has 1 heterocycles. The van der Waals surface area contributed by atoms with Gasteiger partial charge in [0.2, 0.25) is 0 Å². The monoisotopic (exact) mass is 402 g/mol. The van der Waals surface area contributed by atoms with Crippen molar-refractivity contribution >= 4 is 34.7 Å². The maximum Gasteiger partial charge on any atom is 0.295 e. The predicted octanol–water partition coefficient (Wildman–Crippen LogP) is 2.66. The number of nitro benzene ring substituents is 1. The molecule has 144 valence electrons. The molecule has 2 N–H and O–H groups in total. The Morgan fingerprint density at radius 1 is 1.11 bits per heavy atom. The zero-order chi connectivity index (χ0) is 20.4. The quantitative estimate of drug-likeness (QED) is 0.261. The van der Waals surface area contributed by atoms with Crippen LogP contribution in [0.5, 0.6) is 0 Å². The Morgan fingerprint density at radius 3 is 2.25 bits per heavy atom. The second-order valence-corrected chi connectivity index (χ2v) is 6.51. The van der Waals surface area contributed by atoms with Crippen molar-refractivity contribution in [3.8, 4) is 0 Å². The molecule has 1 atom stereocenters. The van der Waals surface area contributed by atoms with Crippen molar-refractivity contribution in [3.05, 3.63) is 80.4 Å². The number of rotatable bonds is 5. The van der Waals surface area contributed by atoms with E-state index in [1.165, 1.54) is 48.5 Å². The number of β-amino-alcohol motifs (C(OH)–C–C–N with tert-alkyl or cyclic N) is 1. The van der Waals surface area contributed by atoms with Crippen molar-refractivity contribution in [2.24, 2.45) is 0 Å². The van der Waals surface area contributed by atoms with E-state index in [0.717, 1.165) is 4.90 Å². The molecule has 2 aromatic carbocycles. The molecule has 0 saturated carbocycles. The highest BCUT2D eigenvalue weighted by Crippen LogP contribution is 2.39. The molecule has 1 amide bonds. The summed E-state index contributed by atoms with van der Waals surface area (Å²) in [6, 6.07) is 10.4. The Kier molecular flexibility index (Phi) is 5.43. The zero-order valence-corrected chi connectivity index (χ0v) is 15.2. The van der Waals surface area contributed by atoms with Crippen molar-refractivity contribution in [1.82, 2.24) is 4.90 Å². The molecule has 0 aromatic heterocycles. The van der Waals surface area contributed by atoms with Gasteiger partial charge < -0.3 is 15.1 Å². The van der Waals surface area contributed by atoms with E-state index >= 15 is 0 Å². The number of hydrogen-bond donors (Lipinski definition) is 2. The summed E-state index contributed by atoms with van der Waals surface area (Å²) in [5.74, 6) is -2.16. The summed E-state index contributed by atoms with van der Waals surface area (Å²) >= 11 is 5.85. The van der Waals surface area contributed by atoms with Gasteiger partial charge in [0.25, 0.3) is 17.4 Å². The summed E-state index contributed by atoms with van der Waals surface area (Å²) in [6.45, 7) is -0.527. The van der Waals surface area contributed by atoms with Gasteiger partial charge in [-0.05, 0) is 42.0 Å². The van der Waals surface area contributed by atoms with Gasteiger partial charge in [0.1, 0.15) is 5.76 Å². The number of carbonyl (C=O) groups is 2. The lowest BCUT2D eigenvalue weighted by atomic mass is 9.95. The minimum atomic E-state index is -0.983. The van der Waals surface area contributed by atoms with Crippen molar-refractivity contribution in [2.75, 3.05) is 13.2 Å². The Morgan fingerprint density at radius 2 is 1.71 bits per heavy atom. The molecule has 28 heavy (non-hydrogen) atoms. The fourth-order valence-electron chi connectivity index (χ4n) is 3.11. The molecule has 0 radical (unpaired) electrons. The van der Waals surface area contributed by atoms with E-state index in [2.05, 4.69) is 0 Å². The molecule has 0 aliphatic carbocycles. The highest BCUT2D eigenvalue weighted by molar-refractivity contribution is 6.46. The summed E-state index contributed by atoms with van der Waals surface area (Å²) in [7, 11) is 0. The highest BCUT2D eigenvalue weighted by atomic mass is 35.5. The third kappa shape index (κ3) is 3.47. The number of aliphatic hydroxyl groups excluding tert-OH is 2. The van der Waals surface area contributed by atoms with Gasteiger partial charge in [-0.25, -0.2) is 0 Å². The van der Waals surface area contributed by atoms with Crippen LogP contribution < -0.4 is 0 Å². The van der Waals surface area contributed by atoms with E-state index in [0.29, 0.717) is 16.1 Å². The first kappa shape index (κ1) is 19.5. The molecular weight excluding hydrogens is 388 g/mol. The van der Waals surface area contributed by atoms with Gasteiger partial charge in [-0.3, -0.25) is 19.7 Å². The van der Waals surface area contributed by atoms with Crippen molar-refractivity contribution in [2.45, 2.75) is 6.04 Å². The second kappa shape index (κ2) is 7.79. The van der Waals surface area contributed by atoms with Crippen LogP contribution in [-0.4, -0.2) is 44.9 Å². The van der Waals surface area contributed by atoms with Crippen molar-refractivity contribution < 1.29 is 24.7 Å². The minimum Gasteiger partial charge on any atom is -0.507 e. The number of halogens is 1. The lowest BCUT2D eigenvalue weighted by molar-refractivity contribution is -0.384. The van der Waals surface area contributed by atoms with Gasteiger partial charge in [0.05, 0.1) is 23.1 Å². The number of aliphatic hydroxyl groups is 2. The average molecular weight is 403 g/mol. The van der Waals surface area contributed by atoms with Crippen LogP contribution >= 0.6 is 11.6 Å². The van der Waals surface area contributed by atoms with E-state index in [9.17, 15) is 29.9 Å². The molecule has 1 saturated heterocycles. The smallest absolute Gasteiger partial charge is 0.295 e. The first-order chi connectivity index (χ1) is 13.3. The Balaban J connectivity index is 2.15. The fraction of sp³-hybridized carbons (Fsp3) is 0.158. The second-order valence-electron chi connectivity index (χ2n) is 6.07. The van der Waals surface area contributed by atoms with E-state index in [4.69, 9.17) is 11.6 Å². The summed E-state index contributed by atoms with van der Waals surface area (Å²) < 4.78 is 0. The number of likely N-dealkylation sites (tertiary alicyclic amines) is 1. The molecule has 8 nitrogen and oxygen atoms in total. The molecule has 0 unspecified atom stereocenters. The number of ketones is 1. The van der Waals surface area contributed by atoms with Gasteiger partial charge in [-0.15, -0.1) is 0 Å². The van der Waals surface area contributed by atoms with Crippen LogP contribution in [0.15, 0.2) is 54.1 Å². The van der Waals surface area contributed by atoms with Crippen molar-refractivity contribution in [3.63, 3.8) is 0 Å². The SMILES string of the molecule is O=C1C(=O)N(CCO)[C@H](c2ccc([N+](=O)[O-])cc2)C1=C(O)c1ccc(Cl)cc1. The first-order valence-corrected chi connectivity index (χ1v) is 8.62. The summed E-state index contributed by atoms with van der Waals surface area (Å²) in [5, 5.41) is 31.3. The summed E-state index contributed by atoms with van der Waals surface area (Å²) in [4.78, 5) is 36.5. The Hall–Kier alpha value is -3.23. The van der Waals surface area contributed by atoms with Gasteiger partial charge in [0, 0.05) is 29.3 Å². The normalized spacial score (nSPS) is 18.5. The van der Waals surface area contributed by atoms with E-state index in [1.807, 2.05) is 0 Å². The largest absolute Gasteiger partial charge is 0.507 e. The minimum absolute atomic E-state index is 0.135. The summed E-state index contributed by atoms with van der Waals surface area (Å²) in [5.41, 5.74) is 0.377. The van der Waals surface area contributed by atoms with Crippen molar-refractivity contribution in [1.29, 1.82) is 0 Å². The third-order valence-electron chi connectivity index (χ3n) is 4.42. The molecule has 9 heteroatoms. The molecular formula is C19H15ClN2O6. The van der Waals surface area contributed by atoms with Crippen LogP contribution in [-0.2, 0) is 9.59 Å². The molecule has 1 aliphatic heterocycles. The molecule has 0 bridgehead atoms. The number of hydrogen-bond acceptors (Lipinski definition) is 6. The van der Waals surface area contributed by atoms with Gasteiger partial charge >= 0.3 is 0 Å². The Bertz CT molecular complexity index is 969. The number of Topliss-reactive ketones (excluding diaryl/α,β-unsaturated/α-hetero) is 1. The van der Waals surface area contributed by atoms with Crippen LogP contribution in [0.3, 0.4) is 0 Å². The maximum absolute atomic E-state index is 12.6. The third-order valence-corrected chi connectivity index (χ3v) is 4.67. The van der Waals surface area contributed by atoms with Gasteiger partial charge in [-0.2, -0.15) is 0 Å². The van der Waals surface area contributed by atoms with E-state index in [-0.39, 0.29) is 23.6 Å². The lowest BCUT2D eigenvalue weighted by Crippen LogP contribution is -2.32. The van der Waals surface area contributed by atoms with Crippen LogP contribution in [0, 0.1) is 10.1 Å². The number of non-ortho nitro benzene ring substituents is 1. The number of carbonyl (C=O) groups excluding carboxylic acids is 2. The standard InChI is InChI=1S/C19H15ClN2O6/c20-13-5-1-12(2-6-13)17(24)15-16(21(9-10-23)19(26)18(15)25)11-3-7-14(8-4-11)22(27)28/h1-8,16,23-24H,9-10H2/t16-/m1/s1. The average Bonchev–Trinajstić information content (AvgIpc) is 2.93. The van der Waals surface area contributed by atoms with Crippen LogP contribution in [0.2, 0.25) is 5.02 Å². The van der Waals surface area contributed by atoms with E-state index in [1.54, 1.807) is 0 Å². The van der Waals surface area contributed by atoms with E-state index < -0.39 is 29.3 Å². The maximum atomic E-state index is 12.6. The van der Waals surface area contributed by atoms with Crippen LogP contribution in [0.4, 0.5) is 5.69 Å². The molecule has 0 spiro atoms. The molecule has 1 fully saturated rings. The number of nitro groups is 1. The van der Waals surface area contributed by atoms with Crippen LogP contribution in [0.25, 0.3) is 5.76 Å². The number of benzene rings is 2. The first-order valence-electron chi connectivity index (χ1n) is 8.24. The van der Waals surface area contributed by atoms with Crippen LogP contribution in [0.1, 0.15) is 17.2 Å². The topological polar surface area (TPSA) is 121 Å². The van der Waals surface area contributed by atoms with Gasteiger partial charge in [-0.1, -0.05) is 11.6 Å². The molecule has 1 aliphatic rings. The number of nitrogens with zero attached hydrogens (tertiary/aromatic N) is 2. The predicted molar refractivity (Wildman–Crippen MR) is 101 cm³/mol. The fourth-order valence-corrected chi connectivity index (χ4v) is 3.23. The molecule has 2 aromatic rings. The highest BCUT2D eigenvalue weighted by Gasteiger charge is 2.45. The number of amides is 1. The molecule has 3 rings (SSSR count). The summed E-state index contributed by atoms with van der Waals surface area (Å²) in [6.07, 6.45) is 0.